The van der Waals surface area contributed by atoms with Gasteiger partial charge in [0.2, 0.25) is 0 Å². The summed E-state index contributed by atoms with van der Waals surface area (Å²) in [6.45, 7) is 7.93. The van der Waals surface area contributed by atoms with Crippen LogP contribution in [0, 0.1) is 0 Å². The molecule has 6 aromatic rings. The summed E-state index contributed by atoms with van der Waals surface area (Å²) in [4.78, 5) is 88.6. The van der Waals surface area contributed by atoms with Crippen LogP contribution >= 0.6 is 86.9 Å². The van der Waals surface area contributed by atoms with E-state index in [4.69, 9.17) is 62.1 Å². The van der Waals surface area contributed by atoms with E-state index in [0.29, 0.717) is 72.1 Å². The van der Waals surface area contributed by atoms with Crippen molar-refractivity contribution in [3.05, 3.63) is 121 Å². The van der Waals surface area contributed by atoms with Crippen molar-refractivity contribution in [2.75, 3.05) is 13.2 Å². The van der Waals surface area contributed by atoms with Gasteiger partial charge in [0.15, 0.2) is 46.8 Å². The van der Waals surface area contributed by atoms with Crippen molar-refractivity contribution < 1.29 is 42.9 Å². The van der Waals surface area contributed by atoms with E-state index < -0.39 is 54.7 Å². The molecule has 0 bridgehead atoms. The third-order valence-corrected chi connectivity index (χ3v) is 14.3. The average molecular weight is 1190 g/mol. The fourth-order valence-corrected chi connectivity index (χ4v) is 10.7. The Morgan fingerprint density at radius 2 is 0.833 bits per heavy atom. The molecule has 8 rings (SSSR count). The molecule has 2 aromatic heterocycles. The molecular weight excluding hydrogens is 1160 g/mol. The Kier molecular flexibility index (Phi) is 13.4. The first-order chi connectivity index (χ1) is 31.2. The maximum absolute atomic E-state index is 14.3. The Hall–Kier alpha value is -4.91. The lowest BCUT2D eigenvalue weighted by Gasteiger charge is -2.28. The zero-order chi connectivity index (χ0) is 47.6. The smallest absolute Gasteiger partial charge is 0.486 e. The zero-order valence-electron chi connectivity index (χ0n) is 35.4. The van der Waals surface area contributed by atoms with Gasteiger partial charge in [-0.1, -0.05) is 23.2 Å². The van der Waals surface area contributed by atoms with Crippen molar-refractivity contribution in [2.45, 2.75) is 53.8 Å². The highest BCUT2D eigenvalue weighted by Gasteiger charge is 2.39. The molecule has 0 fully saturated rings. The number of rotatable bonds is 10. The average Bonchev–Trinajstić information content (AvgIpc) is 3.27. The van der Waals surface area contributed by atoms with E-state index in [-0.39, 0.29) is 56.1 Å². The molecule has 0 N–H and O–H groups in total. The Morgan fingerprint density at radius 3 is 1.21 bits per heavy atom. The Balaban J connectivity index is 1.18. The summed E-state index contributed by atoms with van der Waals surface area (Å²) < 4.78 is 26.7. The monoisotopic (exact) mass is 1180 g/mol. The minimum absolute atomic E-state index is 0.0255. The van der Waals surface area contributed by atoms with E-state index in [2.05, 4.69) is 63.7 Å². The number of fused-ring (bicyclic) bond motifs is 4. The van der Waals surface area contributed by atoms with Gasteiger partial charge in [-0.2, -0.15) is 0 Å². The van der Waals surface area contributed by atoms with Crippen LogP contribution in [0.5, 0.6) is 11.5 Å². The molecule has 13 nitrogen and oxygen atoms in total. The molecule has 0 amide bonds. The molecule has 19 heteroatoms. The normalized spacial score (nSPS) is 15.8. The number of hydrogen-bond acceptors (Lipinski definition) is 13. The summed E-state index contributed by atoms with van der Waals surface area (Å²) in [5.41, 5.74) is 4.02. The van der Waals surface area contributed by atoms with Crippen LogP contribution < -0.4 is 9.47 Å². The first-order valence-electron chi connectivity index (χ1n) is 19.8. The summed E-state index contributed by atoms with van der Waals surface area (Å²) in [5.74, 6) is -1.62. The highest BCUT2D eigenvalue weighted by Crippen LogP contribution is 2.41. The van der Waals surface area contributed by atoms with Crippen molar-refractivity contribution in [3.8, 4) is 11.5 Å². The minimum atomic E-state index is -1.57. The molecule has 66 heavy (non-hydrogen) atoms. The van der Waals surface area contributed by atoms with E-state index in [1.165, 1.54) is 41.5 Å². The van der Waals surface area contributed by atoms with Gasteiger partial charge in [0.05, 0.1) is 42.2 Å². The number of carbonyl (C=O) groups excluding carboxylic acids is 5. The predicted molar refractivity (Wildman–Crippen MR) is 263 cm³/mol. The number of ketones is 4. The van der Waals surface area contributed by atoms with Crippen LogP contribution in [-0.2, 0) is 28.7 Å². The number of allylic oxidation sites excluding steroid dienone is 6. The maximum Gasteiger partial charge on any atom is 0.509 e. The first kappa shape index (κ1) is 47.6. The van der Waals surface area contributed by atoms with Gasteiger partial charge >= 0.3 is 6.16 Å². The number of carbonyl (C=O) groups is 5. The number of nitrogens with zero attached hydrogens (tertiary/aromatic N) is 4. The molecule has 336 valence electrons. The van der Waals surface area contributed by atoms with Crippen molar-refractivity contribution in [2.24, 2.45) is 0 Å². The number of halogens is 6. The fourth-order valence-electron chi connectivity index (χ4n) is 7.63. The number of benzene rings is 4. The van der Waals surface area contributed by atoms with Crippen LogP contribution in [0.4, 0.5) is 4.79 Å². The lowest BCUT2D eigenvalue weighted by molar-refractivity contribution is -0.118. The topological polar surface area (TPSA) is 174 Å². The number of ether oxygens (including phenoxy) is 4. The molecule has 0 aliphatic heterocycles. The summed E-state index contributed by atoms with van der Waals surface area (Å²) in [6.07, 6.45) is -4.52. The van der Waals surface area contributed by atoms with Crippen LogP contribution in [0.25, 0.3) is 44.1 Å². The molecule has 0 spiro atoms. The molecule has 2 atom stereocenters. The quantitative estimate of drug-likeness (QED) is 0.0721. The first-order valence-corrected chi connectivity index (χ1v) is 23.8. The van der Waals surface area contributed by atoms with Crippen LogP contribution in [0.2, 0.25) is 10.0 Å². The van der Waals surface area contributed by atoms with Crippen molar-refractivity contribution >= 4 is 160 Å². The summed E-state index contributed by atoms with van der Waals surface area (Å²) in [6, 6.07) is 13.5. The molecule has 0 saturated carbocycles. The second-order valence-electron chi connectivity index (χ2n) is 15.4. The highest BCUT2D eigenvalue weighted by molar-refractivity contribution is 9.11. The van der Waals surface area contributed by atoms with Gasteiger partial charge < -0.3 is 18.9 Å². The Bertz CT molecular complexity index is 3150. The van der Waals surface area contributed by atoms with Gasteiger partial charge in [-0.3, -0.25) is 19.2 Å². The van der Waals surface area contributed by atoms with Gasteiger partial charge in [0.25, 0.3) is 0 Å². The zero-order valence-corrected chi connectivity index (χ0v) is 43.3. The van der Waals surface area contributed by atoms with Gasteiger partial charge in [-0.25, -0.2) is 24.7 Å². The van der Waals surface area contributed by atoms with Gasteiger partial charge in [0, 0.05) is 52.4 Å². The Labute approximate surface area is 419 Å². The fraction of sp³-hybridized carbons (Fsp3) is 0.213. The van der Waals surface area contributed by atoms with Crippen LogP contribution in [0.3, 0.4) is 0 Å². The van der Waals surface area contributed by atoms with Crippen molar-refractivity contribution in [3.63, 3.8) is 0 Å². The van der Waals surface area contributed by atoms with Gasteiger partial charge in [-0.15, -0.1) is 0 Å². The van der Waals surface area contributed by atoms with Gasteiger partial charge in [-0.05, 0) is 154 Å². The van der Waals surface area contributed by atoms with Crippen LogP contribution in [-0.4, -0.2) is 74.6 Å². The standard InChI is InChI=1S/C47H32Br4Cl2N4O9/c1-17-19(3)43(60)35(21(5)41(17)58)33(15-63-45-27(50)13-25(48)37-39(45)54-29-9-7-23(52)11-31(29)56-37)65-47(62)66-34(36-22(6)42(59)18(2)20(4)44(36)61)16-64-46-28(51)14-26(49)38-40(46)55-30-10-8-24(53)12-32(30)57-38/h7-14,33-34H,15-16H2,1-6H3. The Morgan fingerprint density at radius 1 is 0.485 bits per heavy atom. The molecule has 2 unspecified atom stereocenters. The third kappa shape index (κ3) is 8.73. The number of hydrogen-bond donors (Lipinski definition) is 0. The van der Waals surface area contributed by atoms with E-state index in [9.17, 15) is 24.0 Å². The molecule has 0 saturated heterocycles. The molecular formula is C47H32Br4Cl2N4O9. The van der Waals surface area contributed by atoms with E-state index in [1.807, 2.05) is 0 Å². The molecule has 0 radical (unpaired) electrons. The van der Waals surface area contributed by atoms with Crippen molar-refractivity contribution in [1.29, 1.82) is 0 Å². The lowest BCUT2D eigenvalue weighted by Crippen LogP contribution is -2.39. The molecule has 2 heterocycles. The van der Waals surface area contributed by atoms with Crippen LogP contribution in [0.15, 0.2) is 111 Å². The SMILES string of the molecule is CC1=C(C)C(=O)C(C(COc2c(Br)cc(Br)c3nc4cc(Cl)ccc4nc23)OC(=O)OC(COc2c(Br)cc(Br)c3nc4cc(Cl)ccc4nc23)C2=C(C)C(=O)C(C)=C(C)C2=O)=C(C)C1=O. The molecule has 2 aliphatic carbocycles. The maximum atomic E-state index is 14.3. The lowest BCUT2D eigenvalue weighted by atomic mass is 9.83. The number of Topliss-reactive ketones (excluding diaryl/α,β-unsaturated/α-hetero) is 4. The predicted octanol–water partition coefficient (Wildman–Crippen LogP) is 12.2. The molecule has 4 aromatic carbocycles. The summed E-state index contributed by atoms with van der Waals surface area (Å²) >= 11 is 26.7. The van der Waals surface area contributed by atoms with Crippen molar-refractivity contribution in [1.82, 2.24) is 19.9 Å². The third-order valence-electron chi connectivity index (χ3n) is 11.4. The molecule has 2 aliphatic rings. The van der Waals surface area contributed by atoms with E-state index >= 15 is 0 Å². The summed E-state index contributed by atoms with van der Waals surface area (Å²) in [7, 11) is 0. The van der Waals surface area contributed by atoms with E-state index in [0.717, 1.165) is 0 Å². The van der Waals surface area contributed by atoms with E-state index in [1.54, 1.807) is 48.5 Å². The van der Waals surface area contributed by atoms with Gasteiger partial charge in [0.1, 0.15) is 35.3 Å². The van der Waals surface area contributed by atoms with Crippen LogP contribution in [0.1, 0.15) is 41.5 Å². The largest absolute Gasteiger partial charge is 0.509 e. The number of aromatic nitrogens is 4. The second kappa shape index (κ2) is 18.6. The second-order valence-corrected chi connectivity index (χ2v) is 19.7. The summed E-state index contributed by atoms with van der Waals surface area (Å²) in [5, 5.41) is 0.931. The highest BCUT2D eigenvalue weighted by atomic mass is 79.9. The minimum Gasteiger partial charge on any atom is -0.486 e.